The van der Waals surface area contributed by atoms with Crippen molar-refractivity contribution >= 4 is 17.8 Å². The Balaban J connectivity index is 4.22. The second-order valence-electron chi connectivity index (χ2n) is 4.80. The first kappa shape index (κ1) is 17.4. The number of nitrogens with one attached hydrogen (secondary N) is 1. The molecule has 1 unspecified atom stereocenters. The molecule has 0 heterocycles. The normalized spacial score (nSPS) is 13.6. The van der Waals surface area contributed by atoms with Crippen LogP contribution < -0.4 is 11.1 Å². The average Bonchev–Trinajstić information content (AvgIpc) is 2.33. The number of unbranched alkanes of at least 4 members (excludes halogenated alkanes) is 2. The van der Waals surface area contributed by atoms with E-state index in [9.17, 15) is 14.4 Å². The quantitative estimate of drug-likeness (QED) is 0.516. The molecule has 0 bridgehead atoms. The molecule has 0 saturated carbocycles. The number of carbonyl (C=O) groups excluding carboxylic acids is 2. The summed E-state index contributed by atoms with van der Waals surface area (Å²) in [4.78, 5) is 33.4. The highest BCUT2D eigenvalue weighted by atomic mass is 16.4. The number of nitrogens with two attached hydrogens (primary N) is 1. The van der Waals surface area contributed by atoms with Crippen molar-refractivity contribution in [3.05, 3.63) is 0 Å². The maximum atomic E-state index is 11.8. The van der Waals surface area contributed by atoms with Crippen molar-refractivity contribution in [3.8, 4) is 0 Å². The fourth-order valence-corrected chi connectivity index (χ4v) is 1.69. The van der Waals surface area contributed by atoms with Gasteiger partial charge in [-0.05, 0) is 12.8 Å². The van der Waals surface area contributed by atoms with E-state index in [1.54, 1.807) is 6.92 Å². The molecule has 6 heteroatoms. The second-order valence-corrected chi connectivity index (χ2v) is 4.80. The number of carbonyl (C=O) groups is 3. The van der Waals surface area contributed by atoms with Gasteiger partial charge in [0.1, 0.15) is 6.04 Å². The van der Waals surface area contributed by atoms with Gasteiger partial charge in [0.05, 0.1) is 0 Å². The van der Waals surface area contributed by atoms with E-state index in [0.717, 1.165) is 25.7 Å². The predicted octanol–water partition coefficient (Wildman–Crippen LogP) is 1.04. The summed E-state index contributed by atoms with van der Waals surface area (Å²) in [5, 5.41) is 11.4. The summed E-state index contributed by atoms with van der Waals surface area (Å²) in [6, 6.07) is -1.05. The number of rotatable bonds is 10. The van der Waals surface area contributed by atoms with Crippen molar-refractivity contribution in [1.82, 2.24) is 5.32 Å². The molecule has 2 amide bonds. The van der Waals surface area contributed by atoms with Gasteiger partial charge < -0.3 is 16.2 Å². The summed E-state index contributed by atoms with van der Waals surface area (Å²) < 4.78 is 0. The van der Waals surface area contributed by atoms with Crippen molar-refractivity contribution in [2.75, 3.05) is 0 Å². The SMILES string of the molecule is CCCCCC(C)C(=O)N[C@@H](CCC(N)=O)C(=O)O. The summed E-state index contributed by atoms with van der Waals surface area (Å²) >= 11 is 0. The molecule has 0 aliphatic heterocycles. The van der Waals surface area contributed by atoms with E-state index < -0.39 is 17.9 Å². The molecule has 0 spiro atoms. The van der Waals surface area contributed by atoms with Crippen LogP contribution in [0.5, 0.6) is 0 Å². The first-order valence-electron chi connectivity index (χ1n) is 6.70. The van der Waals surface area contributed by atoms with Crippen molar-refractivity contribution in [3.63, 3.8) is 0 Å². The van der Waals surface area contributed by atoms with E-state index in [0.29, 0.717) is 0 Å². The molecule has 0 aromatic carbocycles. The molecule has 0 aliphatic rings. The molecular weight excluding hydrogens is 248 g/mol. The van der Waals surface area contributed by atoms with Crippen LogP contribution in [0.3, 0.4) is 0 Å². The Morgan fingerprint density at radius 2 is 1.84 bits per heavy atom. The van der Waals surface area contributed by atoms with Gasteiger partial charge in [-0.3, -0.25) is 9.59 Å². The zero-order valence-corrected chi connectivity index (χ0v) is 11.6. The number of hydrogen-bond acceptors (Lipinski definition) is 3. The lowest BCUT2D eigenvalue weighted by molar-refractivity contribution is -0.142. The maximum Gasteiger partial charge on any atom is 0.326 e. The van der Waals surface area contributed by atoms with Crippen molar-refractivity contribution < 1.29 is 19.5 Å². The molecule has 0 rings (SSSR count). The molecule has 0 fully saturated rings. The standard InChI is InChI=1S/C13H24N2O4/c1-3-4-5-6-9(2)12(17)15-10(13(18)19)7-8-11(14)16/h9-10H,3-8H2,1-2H3,(H2,14,16)(H,15,17)(H,18,19)/t9?,10-/m0/s1. The Bertz CT molecular complexity index is 318. The molecule has 0 aliphatic carbocycles. The zero-order valence-electron chi connectivity index (χ0n) is 11.6. The zero-order chi connectivity index (χ0) is 14.8. The average molecular weight is 272 g/mol. The fourth-order valence-electron chi connectivity index (χ4n) is 1.69. The minimum absolute atomic E-state index is 0.0259. The molecule has 19 heavy (non-hydrogen) atoms. The van der Waals surface area contributed by atoms with Crippen LogP contribution in [0.1, 0.15) is 52.4 Å². The van der Waals surface area contributed by atoms with Gasteiger partial charge >= 0.3 is 5.97 Å². The molecule has 0 radical (unpaired) electrons. The highest BCUT2D eigenvalue weighted by Crippen LogP contribution is 2.10. The lowest BCUT2D eigenvalue weighted by Crippen LogP contribution is -2.43. The van der Waals surface area contributed by atoms with Crippen LogP contribution in [0.15, 0.2) is 0 Å². The van der Waals surface area contributed by atoms with E-state index in [1.165, 1.54) is 0 Å². The van der Waals surface area contributed by atoms with Crippen molar-refractivity contribution in [1.29, 1.82) is 0 Å². The van der Waals surface area contributed by atoms with Gasteiger partial charge in [0.2, 0.25) is 11.8 Å². The first-order valence-corrected chi connectivity index (χ1v) is 6.70. The lowest BCUT2D eigenvalue weighted by atomic mass is 10.0. The number of carboxylic acid groups (broad SMARTS) is 1. The smallest absolute Gasteiger partial charge is 0.326 e. The van der Waals surface area contributed by atoms with E-state index in [1.807, 2.05) is 0 Å². The van der Waals surface area contributed by atoms with Crippen molar-refractivity contribution in [2.24, 2.45) is 11.7 Å². The molecule has 2 atom stereocenters. The number of hydrogen-bond donors (Lipinski definition) is 3. The summed E-state index contributed by atoms with van der Waals surface area (Å²) in [6.45, 7) is 3.85. The number of aliphatic carboxylic acids is 1. The highest BCUT2D eigenvalue weighted by molar-refractivity contribution is 5.85. The Labute approximate surface area is 113 Å². The van der Waals surface area contributed by atoms with E-state index in [4.69, 9.17) is 10.8 Å². The highest BCUT2D eigenvalue weighted by Gasteiger charge is 2.22. The number of amides is 2. The van der Waals surface area contributed by atoms with Crippen molar-refractivity contribution in [2.45, 2.75) is 58.4 Å². The number of carboxylic acids is 1. The third kappa shape index (κ3) is 8.18. The van der Waals surface area contributed by atoms with Gasteiger partial charge in [0.15, 0.2) is 0 Å². The third-order valence-electron chi connectivity index (χ3n) is 2.98. The topological polar surface area (TPSA) is 109 Å². The molecule has 0 saturated heterocycles. The predicted molar refractivity (Wildman–Crippen MR) is 71.3 cm³/mol. The Hall–Kier alpha value is -1.59. The van der Waals surface area contributed by atoms with E-state index in [2.05, 4.69) is 12.2 Å². The van der Waals surface area contributed by atoms with Crippen LogP contribution in [0.2, 0.25) is 0 Å². The summed E-state index contributed by atoms with van der Waals surface area (Å²) in [7, 11) is 0. The lowest BCUT2D eigenvalue weighted by Gasteiger charge is -2.17. The maximum absolute atomic E-state index is 11.8. The van der Waals surface area contributed by atoms with Gasteiger partial charge in [-0.15, -0.1) is 0 Å². The fraction of sp³-hybridized carbons (Fsp3) is 0.769. The summed E-state index contributed by atoms with van der Waals surface area (Å²) in [5.41, 5.74) is 4.97. The van der Waals surface area contributed by atoms with Gasteiger partial charge in [-0.2, -0.15) is 0 Å². The largest absolute Gasteiger partial charge is 0.480 e. The van der Waals surface area contributed by atoms with Crippen LogP contribution in [0, 0.1) is 5.92 Å². The third-order valence-corrected chi connectivity index (χ3v) is 2.98. The van der Waals surface area contributed by atoms with Crippen LogP contribution >= 0.6 is 0 Å². The van der Waals surface area contributed by atoms with Crippen LogP contribution in [0.25, 0.3) is 0 Å². The molecule has 0 aromatic rings. The van der Waals surface area contributed by atoms with E-state index >= 15 is 0 Å². The summed E-state index contributed by atoms with van der Waals surface area (Å²) in [5.74, 6) is -2.22. The van der Waals surface area contributed by atoms with Gasteiger partial charge in [-0.25, -0.2) is 4.79 Å². The molecule has 4 N–H and O–H groups in total. The van der Waals surface area contributed by atoms with E-state index in [-0.39, 0.29) is 24.7 Å². The Morgan fingerprint density at radius 1 is 1.21 bits per heavy atom. The molecule has 110 valence electrons. The monoisotopic (exact) mass is 272 g/mol. The molecule has 0 aromatic heterocycles. The number of primary amides is 1. The van der Waals surface area contributed by atoms with Crippen LogP contribution in [0.4, 0.5) is 0 Å². The minimum Gasteiger partial charge on any atom is -0.480 e. The van der Waals surface area contributed by atoms with Gasteiger partial charge in [0, 0.05) is 12.3 Å². The van der Waals surface area contributed by atoms with Crippen LogP contribution in [-0.2, 0) is 14.4 Å². The van der Waals surface area contributed by atoms with Gasteiger partial charge in [-0.1, -0.05) is 33.1 Å². The molecular formula is C13H24N2O4. The minimum atomic E-state index is -1.14. The van der Waals surface area contributed by atoms with Gasteiger partial charge in [0.25, 0.3) is 0 Å². The molecule has 6 nitrogen and oxygen atoms in total. The Morgan fingerprint density at radius 3 is 2.32 bits per heavy atom. The first-order chi connectivity index (χ1) is 8.88. The Kier molecular flexibility index (Phi) is 8.57. The second kappa shape index (κ2) is 9.35. The summed E-state index contributed by atoms with van der Waals surface area (Å²) in [6.07, 6.45) is 3.79. The van der Waals surface area contributed by atoms with Crippen LogP contribution in [-0.4, -0.2) is 28.9 Å².